The van der Waals surface area contributed by atoms with E-state index in [9.17, 15) is 5.11 Å². The molecule has 2 rings (SSSR count). The van der Waals surface area contributed by atoms with Crippen LogP contribution in [-0.2, 0) is 12.0 Å². The molecule has 1 N–H and O–H groups in total. The van der Waals surface area contributed by atoms with Crippen molar-refractivity contribution in [1.82, 2.24) is 0 Å². The second-order valence-corrected chi connectivity index (χ2v) is 5.94. The maximum absolute atomic E-state index is 10.8. The summed E-state index contributed by atoms with van der Waals surface area (Å²) in [6.07, 6.45) is 2.23. The molecule has 1 nitrogen and oxygen atoms in total. The van der Waals surface area contributed by atoms with Gasteiger partial charge in [0.1, 0.15) is 5.60 Å². The van der Waals surface area contributed by atoms with Crippen LogP contribution < -0.4 is 0 Å². The van der Waals surface area contributed by atoms with Crippen LogP contribution in [0.3, 0.4) is 0 Å². The predicted molar refractivity (Wildman–Crippen MR) is 83.3 cm³/mol. The largest absolute Gasteiger partial charge is 0.381 e. The second-order valence-electron chi connectivity index (χ2n) is 5.03. The molecular formula is C17H19BrO. The van der Waals surface area contributed by atoms with Gasteiger partial charge in [-0.25, -0.2) is 0 Å². The van der Waals surface area contributed by atoms with Gasteiger partial charge in [0.05, 0.1) is 0 Å². The lowest BCUT2D eigenvalue weighted by molar-refractivity contribution is 0.102. The molecule has 0 bridgehead atoms. The van der Waals surface area contributed by atoms with E-state index in [1.807, 2.05) is 43.3 Å². The minimum Gasteiger partial charge on any atom is -0.381 e. The fraction of sp³-hybridized carbons (Fsp3) is 0.294. The van der Waals surface area contributed by atoms with Crippen molar-refractivity contribution in [2.75, 3.05) is 0 Å². The Bertz CT molecular complexity index is 526. The Morgan fingerprint density at radius 3 is 1.89 bits per heavy atom. The Balaban J connectivity index is 2.30. The van der Waals surface area contributed by atoms with E-state index in [4.69, 9.17) is 0 Å². The Labute approximate surface area is 123 Å². The molecule has 0 heterocycles. The summed E-state index contributed by atoms with van der Waals surface area (Å²) in [6, 6.07) is 16.1. The standard InChI is InChI=1S/C17H19BrO/c1-3-4-13-5-7-14(8-6-13)17(2,19)15-9-11-16(18)12-10-15/h5-12,19H,3-4H2,1-2H3. The fourth-order valence-corrected chi connectivity index (χ4v) is 2.49. The average Bonchev–Trinajstić information content (AvgIpc) is 2.40. The molecule has 0 saturated heterocycles. The number of halogens is 1. The zero-order valence-corrected chi connectivity index (χ0v) is 12.9. The topological polar surface area (TPSA) is 20.2 Å². The van der Waals surface area contributed by atoms with Crippen LogP contribution in [0.15, 0.2) is 53.0 Å². The molecule has 2 aromatic rings. The van der Waals surface area contributed by atoms with Crippen molar-refractivity contribution in [3.05, 3.63) is 69.7 Å². The van der Waals surface area contributed by atoms with Crippen molar-refractivity contribution in [2.45, 2.75) is 32.3 Å². The maximum atomic E-state index is 10.8. The van der Waals surface area contributed by atoms with E-state index >= 15 is 0 Å². The van der Waals surface area contributed by atoms with Crippen LogP contribution in [0.4, 0.5) is 0 Å². The van der Waals surface area contributed by atoms with E-state index in [1.165, 1.54) is 5.56 Å². The Hall–Kier alpha value is -1.12. The van der Waals surface area contributed by atoms with Crippen LogP contribution in [-0.4, -0.2) is 5.11 Å². The van der Waals surface area contributed by atoms with Gasteiger partial charge in [-0.1, -0.05) is 65.7 Å². The SMILES string of the molecule is CCCc1ccc(C(C)(O)c2ccc(Br)cc2)cc1. The highest BCUT2D eigenvalue weighted by Gasteiger charge is 2.25. The van der Waals surface area contributed by atoms with Gasteiger partial charge < -0.3 is 5.11 Å². The van der Waals surface area contributed by atoms with E-state index in [0.717, 1.165) is 28.4 Å². The third kappa shape index (κ3) is 3.26. The van der Waals surface area contributed by atoms with Crippen molar-refractivity contribution >= 4 is 15.9 Å². The van der Waals surface area contributed by atoms with Crippen LogP contribution in [0.2, 0.25) is 0 Å². The molecule has 0 aliphatic carbocycles. The van der Waals surface area contributed by atoms with Crippen molar-refractivity contribution in [2.24, 2.45) is 0 Å². The Morgan fingerprint density at radius 1 is 0.947 bits per heavy atom. The summed E-state index contributed by atoms with van der Waals surface area (Å²) >= 11 is 3.41. The lowest BCUT2D eigenvalue weighted by Crippen LogP contribution is -2.22. The van der Waals surface area contributed by atoms with Crippen LogP contribution in [0.25, 0.3) is 0 Å². The molecule has 19 heavy (non-hydrogen) atoms. The lowest BCUT2D eigenvalue weighted by atomic mass is 9.87. The van der Waals surface area contributed by atoms with E-state index in [2.05, 4.69) is 35.0 Å². The van der Waals surface area contributed by atoms with Crippen molar-refractivity contribution in [3.63, 3.8) is 0 Å². The molecule has 2 heteroatoms. The second kappa shape index (κ2) is 5.89. The smallest absolute Gasteiger partial charge is 0.112 e. The first kappa shape index (κ1) is 14.3. The molecule has 0 aliphatic rings. The van der Waals surface area contributed by atoms with Crippen LogP contribution in [0.1, 0.15) is 37.0 Å². The average molecular weight is 319 g/mol. The van der Waals surface area contributed by atoms with Gasteiger partial charge in [0.15, 0.2) is 0 Å². The summed E-state index contributed by atoms with van der Waals surface area (Å²) in [4.78, 5) is 0. The molecule has 1 unspecified atom stereocenters. The first-order chi connectivity index (χ1) is 9.04. The fourth-order valence-electron chi connectivity index (χ4n) is 2.23. The van der Waals surface area contributed by atoms with Crippen molar-refractivity contribution in [3.8, 4) is 0 Å². The molecule has 0 amide bonds. The zero-order valence-electron chi connectivity index (χ0n) is 11.4. The third-order valence-electron chi connectivity index (χ3n) is 3.46. The van der Waals surface area contributed by atoms with Crippen molar-refractivity contribution in [1.29, 1.82) is 0 Å². The van der Waals surface area contributed by atoms with Gasteiger partial charge in [0, 0.05) is 4.47 Å². The summed E-state index contributed by atoms with van der Waals surface area (Å²) in [7, 11) is 0. The molecule has 0 aliphatic heterocycles. The Kier molecular flexibility index (Phi) is 4.43. The minimum atomic E-state index is -0.953. The van der Waals surface area contributed by atoms with Crippen molar-refractivity contribution < 1.29 is 5.11 Å². The first-order valence-electron chi connectivity index (χ1n) is 6.62. The van der Waals surface area contributed by atoms with Gasteiger partial charge in [-0.15, -0.1) is 0 Å². The van der Waals surface area contributed by atoms with E-state index in [1.54, 1.807) is 0 Å². The van der Waals surface area contributed by atoms with Gasteiger partial charge in [-0.3, -0.25) is 0 Å². The van der Waals surface area contributed by atoms with Gasteiger partial charge in [-0.2, -0.15) is 0 Å². The highest BCUT2D eigenvalue weighted by molar-refractivity contribution is 9.10. The highest BCUT2D eigenvalue weighted by Crippen LogP contribution is 2.30. The van der Waals surface area contributed by atoms with Crippen LogP contribution >= 0.6 is 15.9 Å². The molecule has 100 valence electrons. The monoisotopic (exact) mass is 318 g/mol. The van der Waals surface area contributed by atoms with Gasteiger partial charge in [-0.05, 0) is 42.2 Å². The van der Waals surface area contributed by atoms with Gasteiger partial charge >= 0.3 is 0 Å². The summed E-state index contributed by atoms with van der Waals surface area (Å²) in [5.74, 6) is 0. The predicted octanol–water partition coefficient (Wildman–Crippen LogP) is 4.66. The first-order valence-corrected chi connectivity index (χ1v) is 7.41. The highest BCUT2D eigenvalue weighted by atomic mass is 79.9. The maximum Gasteiger partial charge on any atom is 0.112 e. The Morgan fingerprint density at radius 2 is 1.42 bits per heavy atom. The molecule has 2 aromatic carbocycles. The van der Waals surface area contributed by atoms with E-state index in [0.29, 0.717) is 0 Å². The molecule has 1 atom stereocenters. The number of rotatable bonds is 4. The number of aryl methyl sites for hydroxylation is 1. The minimum absolute atomic E-state index is 0.902. The quantitative estimate of drug-likeness (QED) is 0.869. The third-order valence-corrected chi connectivity index (χ3v) is 3.99. The molecule has 0 spiro atoms. The number of aliphatic hydroxyl groups is 1. The van der Waals surface area contributed by atoms with Gasteiger partial charge in [0.2, 0.25) is 0 Å². The summed E-state index contributed by atoms with van der Waals surface area (Å²) < 4.78 is 1.02. The van der Waals surface area contributed by atoms with Crippen LogP contribution in [0, 0.1) is 0 Å². The number of benzene rings is 2. The molecule has 0 fully saturated rings. The zero-order chi connectivity index (χ0) is 13.9. The molecular weight excluding hydrogens is 300 g/mol. The van der Waals surface area contributed by atoms with E-state index in [-0.39, 0.29) is 0 Å². The number of hydrogen-bond acceptors (Lipinski definition) is 1. The van der Waals surface area contributed by atoms with E-state index < -0.39 is 5.60 Å². The molecule has 0 aromatic heterocycles. The van der Waals surface area contributed by atoms with Crippen LogP contribution in [0.5, 0.6) is 0 Å². The normalized spacial score (nSPS) is 14.1. The molecule has 0 saturated carbocycles. The summed E-state index contributed by atoms with van der Waals surface area (Å²) in [5.41, 5.74) is 2.19. The summed E-state index contributed by atoms with van der Waals surface area (Å²) in [6.45, 7) is 4.01. The lowest BCUT2D eigenvalue weighted by Gasteiger charge is -2.25. The molecule has 0 radical (unpaired) electrons. The summed E-state index contributed by atoms with van der Waals surface area (Å²) in [5, 5.41) is 10.8. The number of hydrogen-bond donors (Lipinski definition) is 1. The van der Waals surface area contributed by atoms with Gasteiger partial charge in [0.25, 0.3) is 0 Å².